The Morgan fingerprint density at radius 2 is 2.07 bits per heavy atom. The van der Waals surface area contributed by atoms with E-state index in [9.17, 15) is 9.59 Å². The lowest BCUT2D eigenvalue weighted by Gasteiger charge is -2.34. The van der Waals surface area contributed by atoms with Gasteiger partial charge in [0, 0.05) is 13.0 Å². The fraction of sp³-hybridized carbons (Fsp3) is 0.818. The molecule has 1 aliphatic rings. The summed E-state index contributed by atoms with van der Waals surface area (Å²) in [6.45, 7) is 4.42. The minimum Gasteiger partial charge on any atom is -0.467 e. The summed E-state index contributed by atoms with van der Waals surface area (Å²) in [5.41, 5.74) is -0.693. The number of hydrogen-bond acceptors (Lipinski definition) is 3. The number of hydrogen-bond donors (Lipinski definition) is 0. The van der Waals surface area contributed by atoms with Crippen LogP contribution in [0.3, 0.4) is 0 Å². The zero-order valence-electron chi connectivity index (χ0n) is 9.71. The van der Waals surface area contributed by atoms with E-state index in [0.717, 1.165) is 12.8 Å². The number of nitrogens with zero attached hydrogens (tertiary/aromatic N) is 1. The number of rotatable bonds is 3. The maximum absolute atomic E-state index is 11.8. The summed E-state index contributed by atoms with van der Waals surface area (Å²) in [4.78, 5) is 25.2. The number of methoxy groups -OCH3 is 1. The molecule has 0 saturated carbocycles. The molecule has 0 N–H and O–H groups in total. The standard InChI is InChI=1S/C11H19NO3/c1-4-9(13)12-8-6-7-11(12,5-2)10(14)15-3/h4-8H2,1-3H3/t11-/m0/s1. The van der Waals surface area contributed by atoms with Crippen LogP contribution in [0.2, 0.25) is 0 Å². The third-order valence-corrected chi connectivity index (χ3v) is 3.24. The van der Waals surface area contributed by atoms with Gasteiger partial charge in [-0.1, -0.05) is 13.8 Å². The van der Waals surface area contributed by atoms with Crippen molar-refractivity contribution in [2.24, 2.45) is 0 Å². The molecular formula is C11H19NO3. The fourth-order valence-electron chi connectivity index (χ4n) is 2.35. The minimum atomic E-state index is -0.693. The van der Waals surface area contributed by atoms with Crippen molar-refractivity contribution in [2.75, 3.05) is 13.7 Å². The van der Waals surface area contributed by atoms with Gasteiger partial charge in [0.1, 0.15) is 5.54 Å². The van der Waals surface area contributed by atoms with E-state index in [4.69, 9.17) is 4.74 Å². The van der Waals surface area contributed by atoms with Crippen LogP contribution in [0.5, 0.6) is 0 Å². The van der Waals surface area contributed by atoms with Crippen molar-refractivity contribution in [3.8, 4) is 0 Å². The van der Waals surface area contributed by atoms with Gasteiger partial charge in [-0.3, -0.25) is 4.79 Å². The quantitative estimate of drug-likeness (QED) is 0.665. The smallest absolute Gasteiger partial charge is 0.331 e. The first-order valence-electron chi connectivity index (χ1n) is 5.51. The first-order chi connectivity index (χ1) is 7.12. The second-order valence-corrected chi connectivity index (χ2v) is 3.88. The van der Waals surface area contributed by atoms with Crippen molar-refractivity contribution in [3.05, 3.63) is 0 Å². The molecule has 1 heterocycles. The molecule has 86 valence electrons. The molecule has 4 heteroatoms. The number of ether oxygens (including phenoxy) is 1. The monoisotopic (exact) mass is 213 g/mol. The molecule has 0 spiro atoms. The van der Waals surface area contributed by atoms with Crippen LogP contribution in [0.25, 0.3) is 0 Å². The highest BCUT2D eigenvalue weighted by Crippen LogP contribution is 2.34. The van der Waals surface area contributed by atoms with Gasteiger partial charge >= 0.3 is 5.97 Å². The van der Waals surface area contributed by atoms with Crippen LogP contribution >= 0.6 is 0 Å². The van der Waals surface area contributed by atoms with Crippen LogP contribution in [0.15, 0.2) is 0 Å². The Morgan fingerprint density at radius 1 is 1.40 bits per heavy atom. The van der Waals surface area contributed by atoms with Crippen LogP contribution in [0.1, 0.15) is 39.5 Å². The Bertz CT molecular complexity index is 265. The van der Waals surface area contributed by atoms with Crippen molar-refractivity contribution >= 4 is 11.9 Å². The van der Waals surface area contributed by atoms with E-state index >= 15 is 0 Å². The zero-order valence-corrected chi connectivity index (χ0v) is 9.71. The van der Waals surface area contributed by atoms with Crippen LogP contribution in [-0.2, 0) is 14.3 Å². The largest absolute Gasteiger partial charge is 0.467 e. The molecule has 1 fully saturated rings. The average molecular weight is 213 g/mol. The first kappa shape index (κ1) is 12.0. The van der Waals surface area contributed by atoms with Gasteiger partial charge in [0.15, 0.2) is 0 Å². The SMILES string of the molecule is CCC(=O)N1CCC[C@@]1(CC)C(=O)OC. The van der Waals surface area contributed by atoms with E-state index in [1.165, 1.54) is 7.11 Å². The summed E-state index contributed by atoms with van der Waals surface area (Å²) < 4.78 is 4.82. The topological polar surface area (TPSA) is 46.6 Å². The summed E-state index contributed by atoms with van der Waals surface area (Å²) in [5, 5.41) is 0. The second-order valence-electron chi connectivity index (χ2n) is 3.88. The van der Waals surface area contributed by atoms with Gasteiger partial charge in [0.25, 0.3) is 0 Å². The van der Waals surface area contributed by atoms with E-state index in [-0.39, 0.29) is 11.9 Å². The Labute approximate surface area is 90.6 Å². The Morgan fingerprint density at radius 3 is 2.53 bits per heavy atom. The molecule has 1 rings (SSSR count). The summed E-state index contributed by atoms with van der Waals surface area (Å²) >= 11 is 0. The Kier molecular flexibility index (Phi) is 3.72. The molecule has 0 bridgehead atoms. The van der Waals surface area contributed by atoms with E-state index in [1.54, 1.807) is 4.90 Å². The van der Waals surface area contributed by atoms with Crippen LogP contribution in [-0.4, -0.2) is 36.0 Å². The molecule has 0 aromatic rings. The molecule has 0 aromatic carbocycles. The van der Waals surface area contributed by atoms with Gasteiger partial charge in [0.2, 0.25) is 5.91 Å². The minimum absolute atomic E-state index is 0.0414. The molecule has 1 saturated heterocycles. The lowest BCUT2D eigenvalue weighted by Crippen LogP contribution is -2.53. The van der Waals surface area contributed by atoms with Crippen molar-refractivity contribution in [1.82, 2.24) is 4.90 Å². The molecule has 1 aliphatic heterocycles. The van der Waals surface area contributed by atoms with Gasteiger partial charge in [0.05, 0.1) is 7.11 Å². The zero-order chi connectivity index (χ0) is 11.5. The molecule has 4 nitrogen and oxygen atoms in total. The highest BCUT2D eigenvalue weighted by atomic mass is 16.5. The van der Waals surface area contributed by atoms with Crippen LogP contribution in [0.4, 0.5) is 0 Å². The van der Waals surface area contributed by atoms with Crippen LogP contribution in [0, 0.1) is 0 Å². The van der Waals surface area contributed by atoms with Crippen molar-refractivity contribution in [2.45, 2.75) is 45.1 Å². The Hall–Kier alpha value is -1.06. The second kappa shape index (κ2) is 4.64. The highest BCUT2D eigenvalue weighted by molar-refractivity contribution is 5.88. The lowest BCUT2D eigenvalue weighted by atomic mass is 9.92. The van der Waals surface area contributed by atoms with Gasteiger partial charge in [-0.15, -0.1) is 0 Å². The summed E-state index contributed by atoms with van der Waals surface area (Å²) in [7, 11) is 1.38. The summed E-state index contributed by atoms with van der Waals surface area (Å²) in [6.07, 6.45) is 2.68. The maximum Gasteiger partial charge on any atom is 0.331 e. The van der Waals surface area contributed by atoms with E-state index in [0.29, 0.717) is 19.4 Å². The predicted molar refractivity (Wildman–Crippen MR) is 56.3 cm³/mol. The summed E-state index contributed by atoms with van der Waals surface area (Å²) in [5.74, 6) is -0.232. The van der Waals surface area contributed by atoms with Gasteiger partial charge in [-0.2, -0.15) is 0 Å². The number of likely N-dealkylation sites (tertiary alicyclic amines) is 1. The van der Waals surface area contributed by atoms with Crippen LogP contribution < -0.4 is 0 Å². The fourth-order valence-corrected chi connectivity index (χ4v) is 2.35. The molecule has 0 aromatic heterocycles. The molecule has 15 heavy (non-hydrogen) atoms. The molecular weight excluding hydrogens is 194 g/mol. The molecule has 1 amide bonds. The van der Waals surface area contributed by atoms with Gasteiger partial charge < -0.3 is 9.64 Å². The number of amides is 1. The average Bonchev–Trinajstić information content (AvgIpc) is 2.71. The highest BCUT2D eigenvalue weighted by Gasteiger charge is 2.48. The van der Waals surface area contributed by atoms with E-state index < -0.39 is 5.54 Å². The lowest BCUT2D eigenvalue weighted by molar-refractivity contribution is -0.159. The molecule has 0 unspecified atom stereocenters. The number of carbonyl (C=O) groups is 2. The molecule has 1 atom stereocenters. The van der Waals surface area contributed by atoms with E-state index in [1.807, 2.05) is 13.8 Å². The predicted octanol–water partition coefficient (Wildman–Crippen LogP) is 1.34. The summed E-state index contributed by atoms with van der Waals surface area (Å²) in [6, 6.07) is 0. The van der Waals surface area contributed by atoms with Crippen molar-refractivity contribution in [3.63, 3.8) is 0 Å². The number of carbonyl (C=O) groups excluding carboxylic acids is 2. The Balaban J connectivity index is 2.96. The van der Waals surface area contributed by atoms with Crippen molar-refractivity contribution < 1.29 is 14.3 Å². The molecule has 0 radical (unpaired) electrons. The third-order valence-electron chi connectivity index (χ3n) is 3.24. The van der Waals surface area contributed by atoms with Gasteiger partial charge in [-0.25, -0.2) is 4.79 Å². The number of esters is 1. The molecule has 0 aliphatic carbocycles. The van der Waals surface area contributed by atoms with Crippen molar-refractivity contribution in [1.29, 1.82) is 0 Å². The maximum atomic E-state index is 11.8. The van der Waals surface area contributed by atoms with Gasteiger partial charge in [-0.05, 0) is 19.3 Å². The third kappa shape index (κ3) is 1.85. The van der Waals surface area contributed by atoms with E-state index in [2.05, 4.69) is 0 Å². The normalized spacial score (nSPS) is 25.4. The first-order valence-corrected chi connectivity index (χ1v) is 5.51.